The third kappa shape index (κ3) is 2.37. The molecule has 1 aliphatic heterocycles. The predicted molar refractivity (Wildman–Crippen MR) is 73.0 cm³/mol. The molecule has 96 valence electrons. The number of nitrogens with zero attached hydrogens (tertiary/aromatic N) is 1. The Morgan fingerprint density at radius 2 is 1.78 bits per heavy atom. The highest BCUT2D eigenvalue weighted by atomic mass is 79.9. The maximum Gasteiger partial charge on any atom is 0.514 e. The summed E-state index contributed by atoms with van der Waals surface area (Å²) < 4.78 is 12.5. The average Bonchev–Trinajstić information content (AvgIpc) is 2.47. The smallest absolute Gasteiger partial charge is 0.398 e. The van der Waals surface area contributed by atoms with E-state index in [1.807, 2.05) is 27.7 Å². The molecule has 1 aromatic rings. The zero-order valence-corrected chi connectivity index (χ0v) is 12.4. The average molecular weight is 312 g/mol. The molecule has 6 heteroatoms. The molecule has 1 aromatic heterocycles. The zero-order chi connectivity index (χ0) is 13.6. The molecule has 1 fully saturated rings. The number of hydrogen-bond acceptors (Lipinski definition) is 4. The van der Waals surface area contributed by atoms with Crippen LogP contribution >= 0.6 is 15.9 Å². The molecule has 0 aliphatic carbocycles. The van der Waals surface area contributed by atoms with Crippen molar-refractivity contribution in [3.05, 3.63) is 22.3 Å². The van der Waals surface area contributed by atoms with Gasteiger partial charge < -0.3 is 9.31 Å². The molecule has 1 aliphatic rings. The van der Waals surface area contributed by atoms with Gasteiger partial charge in [0.2, 0.25) is 0 Å². The number of pyridine rings is 1. The zero-order valence-electron chi connectivity index (χ0n) is 10.9. The number of halogens is 1. The maximum absolute atomic E-state index is 10.8. The van der Waals surface area contributed by atoms with Crippen LogP contribution in [-0.4, -0.2) is 29.6 Å². The van der Waals surface area contributed by atoms with Crippen molar-refractivity contribution in [2.75, 3.05) is 0 Å². The second-order valence-electron chi connectivity index (χ2n) is 5.34. The van der Waals surface area contributed by atoms with Crippen molar-refractivity contribution >= 4 is 34.9 Å². The third-order valence-corrected chi connectivity index (χ3v) is 3.90. The van der Waals surface area contributed by atoms with E-state index in [4.69, 9.17) is 9.31 Å². The quantitative estimate of drug-likeness (QED) is 0.619. The minimum Gasteiger partial charge on any atom is -0.398 e. The first-order chi connectivity index (χ1) is 8.25. The normalized spacial score (nSPS) is 21.1. The van der Waals surface area contributed by atoms with Crippen molar-refractivity contribution in [2.45, 2.75) is 38.9 Å². The van der Waals surface area contributed by atoms with Crippen molar-refractivity contribution < 1.29 is 14.1 Å². The first-order valence-electron chi connectivity index (χ1n) is 5.73. The fraction of sp³-hybridized carbons (Fsp3) is 0.500. The Balaban J connectivity index is 2.35. The van der Waals surface area contributed by atoms with Crippen LogP contribution in [0.1, 0.15) is 38.2 Å². The van der Waals surface area contributed by atoms with Crippen molar-refractivity contribution in [3.63, 3.8) is 0 Å². The molecule has 2 heterocycles. The summed E-state index contributed by atoms with van der Waals surface area (Å²) in [6, 6.07) is 3.46. The summed E-state index contributed by atoms with van der Waals surface area (Å²) in [4.78, 5) is 15.0. The minimum absolute atomic E-state index is 0.356. The monoisotopic (exact) mass is 311 g/mol. The number of aromatic nitrogens is 1. The van der Waals surface area contributed by atoms with Crippen LogP contribution < -0.4 is 5.59 Å². The van der Waals surface area contributed by atoms with Crippen LogP contribution in [0, 0.1) is 0 Å². The summed E-state index contributed by atoms with van der Waals surface area (Å²) in [7, 11) is -0.550. The summed E-state index contributed by atoms with van der Waals surface area (Å²) in [6.45, 7) is 7.91. The van der Waals surface area contributed by atoms with Gasteiger partial charge in [-0.25, -0.2) is 0 Å². The summed E-state index contributed by atoms with van der Waals surface area (Å²) in [5.74, 6) is 0. The molecule has 18 heavy (non-hydrogen) atoms. The first-order valence-corrected chi connectivity index (χ1v) is 6.53. The maximum atomic E-state index is 10.8. The van der Waals surface area contributed by atoms with E-state index in [-0.39, 0.29) is 0 Å². The van der Waals surface area contributed by atoms with Crippen LogP contribution in [0.25, 0.3) is 0 Å². The van der Waals surface area contributed by atoms with Gasteiger partial charge in [-0.1, -0.05) is 15.9 Å². The molecule has 0 saturated carbocycles. The largest absolute Gasteiger partial charge is 0.514 e. The lowest BCUT2D eigenvalue weighted by Gasteiger charge is -2.32. The Morgan fingerprint density at radius 1 is 1.22 bits per heavy atom. The molecule has 0 N–H and O–H groups in total. The van der Waals surface area contributed by atoms with Gasteiger partial charge in [0.15, 0.2) is 6.29 Å². The van der Waals surface area contributed by atoms with E-state index >= 15 is 0 Å². The Kier molecular flexibility index (Phi) is 3.38. The summed E-state index contributed by atoms with van der Waals surface area (Å²) in [6.07, 6.45) is 0.708. The predicted octanol–water partition coefficient (Wildman–Crippen LogP) is 1.96. The molecule has 0 spiro atoms. The van der Waals surface area contributed by atoms with E-state index in [2.05, 4.69) is 20.9 Å². The van der Waals surface area contributed by atoms with Crippen molar-refractivity contribution in [2.24, 2.45) is 0 Å². The third-order valence-electron chi connectivity index (χ3n) is 3.45. The number of carbonyl (C=O) groups is 1. The second kappa shape index (κ2) is 4.44. The standard InChI is InChI=1S/C12H15BBrNO3/c1-11(2)12(3,4)18-13(17-11)10-6-8(14)5-9(7-16)15-10/h5-7H,1-4H3. The van der Waals surface area contributed by atoms with E-state index in [1.165, 1.54) is 0 Å². The molecule has 0 aromatic carbocycles. The van der Waals surface area contributed by atoms with E-state index in [9.17, 15) is 4.79 Å². The topological polar surface area (TPSA) is 48.4 Å². The minimum atomic E-state index is -0.550. The van der Waals surface area contributed by atoms with Gasteiger partial charge in [0, 0.05) is 4.47 Å². The van der Waals surface area contributed by atoms with E-state index in [1.54, 1.807) is 12.1 Å². The summed E-state index contributed by atoms with van der Waals surface area (Å²) in [5, 5.41) is 0. The molecule has 0 amide bonds. The molecular weight excluding hydrogens is 297 g/mol. The first kappa shape index (κ1) is 13.7. The Hall–Kier alpha value is -0.715. The highest BCUT2D eigenvalue weighted by Gasteiger charge is 2.52. The molecule has 0 radical (unpaired) electrons. The van der Waals surface area contributed by atoms with Crippen LogP contribution in [0.5, 0.6) is 0 Å². The van der Waals surface area contributed by atoms with Crippen LogP contribution in [0.4, 0.5) is 0 Å². The highest BCUT2D eigenvalue weighted by Crippen LogP contribution is 2.36. The van der Waals surface area contributed by atoms with Crippen LogP contribution in [0.3, 0.4) is 0 Å². The molecular formula is C12H15BBrNO3. The lowest BCUT2D eigenvalue weighted by atomic mass is 9.84. The van der Waals surface area contributed by atoms with Gasteiger partial charge in [-0.3, -0.25) is 9.78 Å². The Bertz CT molecular complexity index is 474. The van der Waals surface area contributed by atoms with Crippen molar-refractivity contribution in [1.29, 1.82) is 0 Å². The van der Waals surface area contributed by atoms with Crippen molar-refractivity contribution in [1.82, 2.24) is 4.98 Å². The van der Waals surface area contributed by atoms with E-state index in [0.29, 0.717) is 17.6 Å². The summed E-state index contributed by atoms with van der Waals surface area (Å²) in [5.41, 5.74) is 0.130. The molecule has 0 bridgehead atoms. The molecule has 1 saturated heterocycles. The van der Waals surface area contributed by atoms with Gasteiger partial charge in [0.1, 0.15) is 5.69 Å². The van der Waals surface area contributed by atoms with Gasteiger partial charge in [-0.05, 0) is 39.8 Å². The van der Waals surface area contributed by atoms with Gasteiger partial charge in [0.25, 0.3) is 0 Å². The molecule has 0 atom stereocenters. The fourth-order valence-corrected chi connectivity index (χ4v) is 2.15. The molecule has 4 nitrogen and oxygen atoms in total. The van der Waals surface area contributed by atoms with Gasteiger partial charge in [-0.15, -0.1) is 0 Å². The summed E-state index contributed by atoms with van der Waals surface area (Å²) >= 11 is 3.35. The number of rotatable bonds is 2. The van der Waals surface area contributed by atoms with Crippen molar-refractivity contribution in [3.8, 4) is 0 Å². The number of hydrogen-bond donors (Lipinski definition) is 0. The molecule has 0 unspecified atom stereocenters. The van der Waals surface area contributed by atoms with Gasteiger partial charge in [0.05, 0.1) is 16.8 Å². The van der Waals surface area contributed by atoms with Gasteiger partial charge in [-0.2, -0.15) is 0 Å². The number of aldehydes is 1. The lowest BCUT2D eigenvalue weighted by molar-refractivity contribution is 0.00578. The Morgan fingerprint density at radius 3 is 2.28 bits per heavy atom. The number of carbonyl (C=O) groups excluding carboxylic acids is 1. The Labute approximate surface area is 115 Å². The van der Waals surface area contributed by atoms with Gasteiger partial charge >= 0.3 is 7.12 Å². The highest BCUT2D eigenvalue weighted by molar-refractivity contribution is 9.10. The lowest BCUT2D eigenvalue weighted by Crippen LogP contribution is -2.41. The van der Waals surface area contributed by atoms with E-state index in [0.717, 1.165) is 4.47 Å². The molecule has 2 rings (SSSR count). The fourth-order valence-electron chi connectivity index (χ4n) is 1.68. The second-order valence-corrected chi connectivity index (χ2v) is 6.26. The van der Waals surface area contributed by atoms with Crippen LogP contribution in [0.2, 0.25) is 0 Å². The van der Waals surface area contributed by atoms with Crippen LogP contribution in [0.15, 0.2) is 16.6 Å². The van der Waals surface area contributed by atoms with E-state index < -0.39 is 18.3 Å². The SMILES string of the molecule is CC1(C)OB(c2cc(Br)cc(C=O)n2)OC1(C)C. The van der Waals surface area contributed by atoms with Crippen LogP contribution in [-0.2, 0) is 9.31 Å².